The van der Waals surface area contributed by atoms with E-state index in [-0.39, 0.29) is 11.5 Å². The molecule has 4 aliphatic carbocycles. The van der Waals surface area contributed by atoms with Gasteiger partial charge in [-0.15, -0.1) is 0 Å². The molecule has 2 N–H and O–H groups in total. The number of amides is 1. The average Bonchev–Trinajstić information content (AvgIpc) is 2.37. The van der Waals surface area contributed by atoms with Crippen LogP contribution in [-0.4, -0.2) is 29.4 Å². The predicted octanol–water partition coefficient (Wildman–Crippen LogP) is 2.15. The molecule has 1 heterocycles. The molecular weight excluding hydrogens is 236 g/mol. The summed E-state index contributed by atoms with van der Waals surface area (Å²) in [7, 11) is 0. The topological polar surface area (TPSA) is 46.3 Å². The molecule has 4 bridgehead atoms. The van der Waals surface area contributed by atoms with Gasteiger partial charge in [-0.1, -0.05) is 0 Å². The van der Waals surface area contributed by atoms with Crippen LogP contribution in [0.5, 0.6) is 0 Å². The van der Waals surface area contributed by atoms with Crippen LogP contribution in [0.4, 0.5) is 0 Å². The lowest BCUT2D eigenvalue weighted by molar-refractivity contribution is -0.159. The molecule has 19 heavy (non-hydrogen) atoms. The standard InChI is InChI=1S/C16H26N2O/c17-10-14-2-1-3-18(15(14)19)16-7-11-4-12(8-16)6-13(5-11)9-16/h11-14H,1-10,17H2. The third-order valence-electron chi connectivity index (χ3n) is 6.41. The number of carbonyl (C=O) groups is 1. The quantitative estimate of drug-likeness (QED) is 0.829. The van der Waals surface area contributed by atoms with Crippen LogP contribution < -0.4 is 5.73 Å². The summed E-state index contributed by atoms with van der Waals surface area (Å²) in [6.45, 7) is 1.54. The molecule has 0 aromatic heterocycles. The molecule has 5 aliphatic rings. The summed E-state index contributed by atoms with van der Waals surface area (Å²) < 4.78 is 0. The molecule has 0 spiro atoms. The van der Waals surface area contributed by atoms with Gasteiger partial charge in [0.05, 0.1) is 5.92 Å². The number of carbonyl (C=O) groups excluding carboxylic acids is 1. The van der Waals surface area contributed by atoms with E-state index >= 15 is 0 Å². The molecular formula is C16H26N2O. The van der Waals surface area contributed by atoms with Crippen LogP contribution in [0.25, 0.3) is 0 Å². The fraction of sp³-hybridized carbons (Fsp3) is 0.938. The Labute approximate surface area is 115 Å². The molecule has 1 atom stereocenters. The normalized spacial score (nSPS) is 48.9. The Bertz CT molecular complexity index is 357. The summed E-state index contributed by atoms with van der Waals surface area (Å²) in [6.07, 6.45) is 10.4. The summed E-state index contributed by atoms with van der Waals surface area (Å²) in [5.74, 6) is 3.24. The highest BCUT2D eigenvalue weighted by molar-refractivity contribution is 5.80. The minimum Gasteiger partial charge on any atom is -0.337 e. The fourth-order valence-corrected chi connectivity index (χ4v) is 6.03. The molecule has 1 unspecified atom stereocenters. The van der Waals surface area contributed by atoms with Crippen LogP contribution in [0.15, 0.2) is 0 Å². The van der Waals surface area contributed by atoms with Crippen LogP contribution in [0, 0.1) is 23.7 Å². The molecule has 4 saturated carbocycles. The SMILES string of the molecule is NCC1CCCN(C23CC4CC(CC(C4)C2)C3)C1=O. The van der Waals surface area contributed by atoms with E-state index < -0.39 is 0 Å². The van der Waals surface area contributed by atoms with Gasteiger partial charge >= 0.3 is 0 Å². The largest absolute Gasteiger partial charge is 0.337 e. The van der Waals surface area contributed by atoms with Gasteiger partial charge in [0.15, 0.2) is 0 Å². The highest BCUT2D eigenvalue weighted by Gasteiger charge is 2.55. The second-order valence-corrected chi connectivity index (χ2v) is 7.71. The van der Waals surface area contributed by atoms with E-state index in [2.05, 4.69) is 4.90 Å². The Morgan fingerprint density at radius 3 is 2.21 bits per heavy atom. The first-order valence-corrected chi connectivity index (χ1v) is 8.22. The third-order valence-corrected chi connectivity index (χ3v) is 6.41. The van der Waals surface area contributed by atoms with E-state index in [1.54, 1.807) is 0 Å². The van der Waals surface area contributed by atoms with Crippen molar-refractivity contribution in [3.63, 3.8) is 0 Å². The Morgan fingerprint density at radius 1 is 1.11 bits per heavy atom. The molecule has 5 rings (SSSR count). The zero-order valence-electron chi connectivity index (χ0n) is 11.8. The van der Waals surface area contributed by atoms with Crippen LogP contribution in [-0.2, 0) is 4.79 Å². The van der Waals surface area contributed by atoms with E-state index in [4.69, 9.17) is 5.73 Å². The van der Waals surface area contributed by atoms with Crippen molar-refractivity contribution in [1.29, 1.82) is 0 Å². The lowest BCUT2D eigenvalue weighted by atomic mass is 9.52. The van der Waals surface area contributed by atoms with Gasteiger partial charge in [-0.05, 0) is 69.1 Å². The van der Waals surface area contributed by atoms with E-state index in [9.17, 15) is 4.79 Å². The van der Waals surface area contributed by atoms with Gasteiger partial charge < -0.3 is 10.6 Å². The van der Waals surface area contributed by atoms with Crippen molar-refractivity contribution in [2.45, 2.75) is 56.9 Å². The maximum Gasteiger partial charge on any atom is 0.227 e. The summed E-state index contributed by atoms with van der Waals surface area (Å²) in [5.41, 5.74) is 6.05. The van der Waals surface area contributed by atoms with Crippen LogP contribution in [0.2, 0.25) is 0 Å². The first kappa shape index (κ1) is 12.2. The smallest absolute Gasteiger partial charge is 0.227 e. The van der Waals surface area contributed by atoms with Crippen LogP contribution in [0.3, 0.4) is 0 Å². The summed E-state index contributed by atoms with van der Waals surface area (Å²) >= 11 is 0. The molecule has 0 aromatic carbocycles. The average molecular weight is 262 g/mol. The summed E-state index contributed by atoms with van der Waals surface area (Å²) in [4.78, 5) is 15.0. The lowest BCUT2D eigenvalue weighted by Crippen LogP contribution is -2.64. The molecule has 3 heteroatoms. The number of hydrogen-bond donors (Lipinski definition) is 1. The van der Waals surface area contributed by atoms with Crippen molar-refractivity contribution in [1.82, 2.24) is 4.90 Å². The van der Waals surface area contributed by atoms with E-state index in [0.717, 1.165) is 37.1 Å². The number of nitrogens with zero attached hydrogens (tertiary/aromatic N) is 1. The monoisotopic (exact) mass is 262 g/mol. The van der Waals surface area contributed by atoms with Crippen molar-refractivity contribution >= 4 is 5.91 Å². The Hall–Kier alpha value is -0.570. The van der Waals surface area contributed by atoms with Crippen molar-refractivity contribution < 1.29 is 4.79 Å². The summed E-state index contributed by atoms with van der Waals surface area (Å²) in [5, 5.41) is 0. The van der Waals surface area contributed by atoms with Crippen molar-refractivity contribution in [2.75, 3.05) is 13.1 Å². The number of likely N-dealkylation sites (tertiary alicyclic amines) is 1. The predicted molar refractivity (Wildman–Crippen MR) is 74.4 cm³/mol. The van der Waals surface area contributed by atoms with Gasteiger partial charge in [-0.2, -0.15) is 0 Å². The lowest BCUT2D eigenvalue weighted by Gasteiger charge is -2.61. The van der Waals surface area contributed by atoms with Gasteiger partial charge in [0.2, 0.25) is 5.91 Å². The van der Waals surface area contributed by atoms with Gasteiger partial charge in [0.25, 0.3) is 0 Å². The molecule has 1 saturated heterocycles. The highest BCUT2D eigenvalue weighted by Crippen LogP contribution is 2.58. The molecule has 1 aliphatic heterocycles. The van der Waals surface area contributed by atoms with E-state index in [0.29, 0.717) is 12.5 Å². The van der Waals surface area contributed by atoms with Crippen molar-refractivity contribution in [3.8, 4) is 0 Å². The molecule has 0 aromatic rings. The second-order valence-electron chi connectivity index (χ2n) is 7.71. The highest BCUT2D eigenvalue weighted by atomic mass is 16.2. The van der Waals surface area contributed by atoms with Crippen LogP contribution in [0.1, 0.15) is 51.4 Å². The van der Waals surface area contributed by atoms with Crippen LogP contribution >= 0.6 is 0 Å². The minimum absolute atomic E-state index is 0.113. The zero-order valence-corrected chi connectivity index (χ0v) is 11.8. The molecule has 5 fully saturated rings. The molecule has 1 amide bonds. The molecule has 106 valence electrons. The number of hydrogen-bond acceptors (Lipinski definition) is 2. The van der Waals surface area contributed by atoms with Gasteiger partial charge in [-0.25, -0.2) is 0 Å². The molecule has 3 nitrogen and oxygen atoms in total. The molecule has 0 radical (unpaired) electrons. The van der Waals surface area contributed by atoms with Crippen molar-refractivity contribution in [3.05, 3.63) is 0 Å². The van der Waals surface area contributed by atoms with E-state index in [1.165, 1.54) is 38.5 Å². The second kappa shape index (κ2) is 4.21. The zero-order chi connectivity index (χ0) is 13.0. The van der Waals surface area contributed by atoms with E-state index in [1.807, 2.05) is 0 Å². The number of nitrogens with two attached hydrogens (primary N) is 1. The Morgan fingerprint density at radius 2 is 1.68 bits per heavy atom. The van der Waals surface area contributed by atoms with Crippen molar-refractivity contribution in [2.24, 2.45) is 29.4 Å². The Balaban J connectivity index is 1.62. The maximum absolute atomic E-state index is 12.7. The van der Waals surface area contributed by atoms with Gasteiger partial charge in [-0.3, -0.25) is 4.79 Å². The van der Waals surface area contributed by atoms with Gasteiger partial charge in [0, 0.05) is 18.6 Å². The first-order valence-electron chi connectivity index (χ1n) is 8.22. The summed E-state index contributed by atoms with van der Waals surface area (Å²) in [6, 6.07) is 0. The Kier molecular flexibility index (Phi) is 2.70. The maximum atomic E-state index is 12.7. The number of rotatable bonds is 2. The fourth-order valence-electron chi connectivity index (χ4n) is 6.03. The third kappa shape index (κ3) is 1.77. The minimum atomic E-state index is 0.113. The number of piperidine rings is 1. The van der Waals surface area contributed by atoms with Gasteiger partial charge in [0.1, 0.15) is 0 Å². The first-order chi connectivity index (χ1) is 9.20.